The molecule has 2 aromatic carbocycles. The predicted octanol–water partition coefficient (Wildman–Crippen LogP) is 5.23. The van der Waals surface area contributed by atoms with Gasteiger partial charge in [-0.3, -0.25) is 9.29 Å². The molecule has 35 heavy (non-hydrogen) atoms. The molecule has 0 radical (unpaired) electrons. The highest BCUT2D eigenvalue weighted by atomic mass is 32.2. The van der Waals surface area contributed by atoms with Crippen LogP contribution in [0.15, 0.2) is 71.9 Å². The Balaban J connectivity index is 2.06. The maximum atomic E-state index is 13.4. The molecular formula is C24H23F3N2O5S. The predicted molar refractivity (Wildman–Crippen MR) is 123 cm³/mol. The number of aromatic carboxylic acids is 1. The van der Waals surface area contributed by atoms with E-state index in [-0.39, 0.29) is 41.0 Å². The summed E-state index contributed by atoms with van der Waals surface area (Å²) < 4.78 is 73.9. The summed E-state index contributed by atoms with van der Waals surface area (Å²) in [5, 5.41) is 9.03. The van der Waals surface area contributed by atoms with Gasteiger partial charge in [-0.1, -0.05) is 26.0 Å². The van der Waals surface area contributed by atoms with Crippen LogP contribution in [-0.4, -0.2) is 31.0 Å². The van der Waals surface area contributed by atoms with E-state index in [1.54, 1.807) is 13.8 Å². The van der Waals surface area contributed by atoms with E-state index in [2.05, 4.69) is 4.98 Å². The lowest BCUT2D eigenvalue weighted by molar-refractivity contribution is -0.137. The highest BCUT2D eigenvalue weighted by molar-refractivity contribution is 7.92. The number of carbonyl (C=O) groups is 1. The summed E-state index contributed by atoms with van der Waals surface area (Å²) in [4.78, 5) is 14.8. The third-order valence-electron chi connectivity index (χ3n) is 4.90. The van der Waals surface area contributed by atoms with Gasteiger partial charge < -0.3 is 9.84 Å². The van der Waals surface area contributed by atoms with Gasteiger partial charge in [-0.15, -0.1) is 0 Å². The van der Waals surface area contributed by atoms with Crippen molar-refractivity contribution >= 4 is 21.7 Å². The van der Waals surface area contributed by atoms with Crippen molar-refractivity contribution in [2.24, 2.45) is 5.92 Å². The number of carboxylic acid groups (broad SMARTS) is 1. The first kappa shape index (κ1) is 26.0. The van der Waals surface area contributed by atoms with Crippen LogP contribution in [0.2, 0.25) is 0 Å². The molecule has 0 saturated carbocycles. The minimum atomic E-state index is -4.68. The van der Waals surface area contributed by atoms with Crippen LogP contribution in [0.1, 0.15) is 35.3 Å². The molecule has 0 spiro atoms. The van der Waals surface area contributed by atoms with Crippen LogP contribution in [0.4, 0.5) is 18.9 Å². The smallest absolute Gasteiger partial charge is 0.416 e. The van der Waals surface area contributed by atoms with Crippen LogP contribution in [-0.2, 0) is 22.8 Å². The Morgan fingerprint density at radius 2 is 1.80 bits per heavy atom. The van der Waals surface area contributed by atoms with Crippen molar-refractivity contribution in [2.45, 2.75) is 31.5 Å². The number of anilines is 1. The number of alkyl halides is 3. The summed E-state index contributed by atoms with van der Waals surface area (Å²) >= 11 is 0. The van der Waals surface area contributed by atoms with Crippen molar-refractivity contribution in [1.82, 2.24) is 4.98 Å². The summed E-state index contributed by atoms with van der Waals surface area (Å²) in [5.41, 5.74) is -0.526. The second kappa shape index (κ2) is 10.3. The molecule has 0 amide bonds. The summed E-state index contributed by atoms with van der Waals surface area (Å²) in [5.74, 6) is -1.57. The Hall–Kier alpha value is -3.60. The number of benzene rings is 2. The minimum Gasteiger partial charge on any atom is -0.487 e. The van der Waals surface area contributed by atoms with E-state index in [0.29, 0.717) is 5.56 Å². The molecule has 7 nitrogen and oxygen atoms in total. The second-order valence-electron chi connectivity index (χ2n) is 8.09. The summed E-state index contributed by atoms with van der Waals surface area (Å²) in [6.45, 7) is 3.32. The Bertz CT molecular complexity index is 1280. The third kappa shape index (κ3) is 6.30. The lowest BCUT2D eigenvalue weighted by Crippen LogP contribution is -2.34. The van der Waals surface area contributed by atoms with E-state index in [4.69, 9.17) is 9.84 Å². The van der Waals surface area contributed by atoms with Gasteiger partial charge in [0.15, 0.2) is 0 Å². The van der Waals surface area contributed by atoms with Crippen molar-refractivity contribution < 1.29 is 36.2 Å². The standard InChI is InChI=1S/C24H23F3N2O5S/c1-16(2)14-29(35(32,33)20-4-3-11-28-13-20)21-10-9-19(24(25,26)27)12-22(21)34-15-17-5-7-18(8-6-17)23(30)31/h3-13,16H,14-15H2,1-2H3,(H,30,31). The van der Waals surface area contributed by atoms with Gasteiger partial charge in [0.1, 0.15) is 17.3 Å². The first-order valence-corrected chi connectivity index (χ1v) is 11.9. The highest BCUT2D eigenvalue weighted by Gasteiger charge is 2.34. The molecule has 186 valence electrons. The number of pyridine rings is 1. The van der Waals surface area contributed by atoms with E-state index >= 15 is 0 Å². The molecule has 0 aliphatic carbocycles. The van der Waals surface area contributed by atoms with Crippen molar-refractivity contribution in [3.05, 3.63) is 83.7 Å². The molecule has 0 bridgehead atoms. The third-order valence-corrected chi connectivity index (χ3v) is 6.67. The molecule has 0 unspecified atom stereocenters. The van der Waals surface area contributed by atoms with E-state index in [1.165, 1.54) is 42.6 Å². The van der Waals surface area contributed by atoms with Crippen LogP contribution in [0.25, 0.3) is 0 Å². The largest absolute Gasteiger partial charge is 0.487 e. The Morgan fingerprint density at radius 1 is 1.11 bits per heavy atom. The number of ether oxygens (including phenoxy) is 1. The monoisotopic (exact) mass is 508 g/mol. The molecule has 1 heterocycles. The molecule has 3 aromatic rings. The second-order valence-corrected chi connectivity index (χ2v) is 9.95. The fourth-order valence-corrected chi connectivity index (χ4v) is 4.80. The lowest BCUT2D eigenvalue weighted by Gasteiger charge is -2.28. The van der Waals surface area contributed by atoms with Gasteiger partial charge in [-0.2, -0.15) is 13.2 Å². The van der Waals surface area contributed by atoms with Gasteiger partial charge in [-0.05, 0) is 53.9 Å². The summed E-state index contributed by atoms with van der Waals surface area (Å²) in [7, 11) is -4.17. The minimum absolute atomic E-state index is 0.0216. The molecule has 0 saturated heterocycles. The van der Waals surface area contributed by atoms with Crippen LogP contribution < -0.4 is 9.04 Å². The molecule has 11 heteroatoms. The number of halogens is 3. The zero-order chi connectivity index (χ0) is 25.8. The van der Waals surface area contributed by atoms with Crippen LogP contribution >= 0.6 is 0 Å². The zero-order valence-electron chi connectivity index (χ0n) is 18.9. The number of aromatic nitrogens is 1. The molecule has 1 aromatic heterocycles. The quantitative estimate of drug-likeness (QED) is 0.425. The van der Waals surface area contributed by atoms with Crippen LogP contribution in [0, 0.1) is 5.92 Å². The van der Waals surface area contributed by atoms with E-state index in [0.717, 1.165) is 28.7 Å². The molecule has 0 atom stereocenters. The number of sulfonamides is 1. The van der Waals surface area contributed by atoms with E-state index < -0.39 is 27.7 Å². The van der Waals surface area contributed by atoms with Gasteiger partial charge in [0, 0.05) is 18.9 Å². The average molecular weight is 509 g/mol. The molecule has 0 aliphatic rings. The van der Waals surface area contributed by atoms with E-state index in [9.17, 15) is 26.4 Å². The van der Waals surface area contributed by atoms with Gasteiger partial charge in [0.2, 0.25) is 0 Å². The van der Waals surface area contributed by atoms with Gasteiger partial charge in [0.25, 0.3) is 10.0 Å². The van der Waals surface area contributed by atoms with Crippen molar-refractivity contribution in [1.29, 1.82) is 0 Å². The fraction of sp³-hybridized carbons (Fsp3) is 0.250. The lowest BCUT2D eigenvalue weighted by atomic mass is 10.1. The first-order valence-electron chi connectivity index (χ1n) is 10.5. The Morgan fingerprint density at radius 3 is 2.34 bits per heavy atom. The topological polar surface area (TPSA) is 96.8 Å². The first-order chi connectivity index (χ1) is 16.4. The Kier molecular flexibility index (Phi) is 7.69. The number of hydrogen-bond donors (Lipinski definition) is 1. The molecule has 0 fully saturated rings. The van der Waals surface area contributed by atoms with E-state index in [1.807, 2.05) is 0 Å². The number of nitrogens with zero attached hydrogens (tertiary/aromatic N) is 2. The maximum Gasteiger partial charge on any atom is 0.416 e. The summed E-state index contributed by atoms with van der Waals surface area (Å²) in [6.07, 6.45) is -2.10. The SMILES string of the molecule is CC(C)CN(c1ccc(C(F)(F)F)cc1OCc1ccc(C(=O)O)cc1)S(=O)(=O)c1cccnc1. The number of carboxylic acids is 1. The number of hydrogen-bond acceptors (Lipinski definition) is 5. The van der Waals surface area contributed by atoms with Crippen molar-refractivity contribution in [3.63, 3.8) is 0 Å². The molecule has 0 aliphatic heterocycles. The normalized spacial score (nSPS) is 11.9. The fourth-order valence-electron chi connectivity index (χ4n) is 3.20. The van der Waals surface area contributed by atoms with Gasteiger partial charge >= 0.3 is 12.1 Å². The summed E-state index contributed by atoms with van der Waals surface area (Å²) in [6, 6.07) is 11.0. The van der Waals surface area contributed by atoms with Gasteiger partial charge in [0.05, 0.1) is 16.8 Å². The molecule has 3 rings (SSSR count). The van der Waals surface area contributed by atoms with Crippen molar-refractivity contribution in [2.75, 3.05) is 10.8 Å². The van der Waals surface area contributed by atoms with Crippen molar-refractivity contribution in [3.8, 4) is 5.75 Å². The number of rotatable bonds is 9. The zero-order valence-corrected chi connectivity index (χ0v) is 19.7. The van der Waals surface area contributed by atoms with Gasteiger partial charge in [-0.25, -0.2) is 13.2 Å². The molecular weight excluding hydrogens is 485 g/mol. The maximum absolute atomic E-state index is 13.4. The van der Waals surface area contributed by atoms with Crippen LogP contribution in [0.3, 0.4) is 0 Å². The Labute approximate surface area is 200 Å². The molecule has 1 N–H and O–H groups in total. The highest BCUT2D eigenvalue weighted by Crippen LogP contribution is 2.39. The van der Waals surface area contributed by atoms with Crippen LogP contribution in [0.5, 0.6) is 5.75 Å². The average Bonchev–Trinajstić information content (AvgIpc) is 2.81.